The van der Waals surface area contributed by atoms with Crippen LogP contribution in [0.5, 0.6) is 0 Å². The van der Waals surface area contributed by atoms with Crippen LogP contribution in [0.15, 0.2) is 72.9 Å². The van der Waals surface area contributed by atoms with Gasteiger partial charge in [0.15, 0.2) is 6.10 Å². The standard InChI is InChI=1S/C63H110O6/c1-4-7-10-13-16-19-22-25-28-29-30-31-32-33-34-36-38-41-44-47-50-53-56-62(65)68-59-60(58-67-61(64)55-52-49-46-43-40-37-27-24-21-18-15-12-9-6-3)69-63(66)57-54-51-48-45-42-39-35-26-23-20-17-14-11-8-5-2/h8,11,17,20,24,26-27,35,42,45,51,54,60H,4-7,9-10,12-16,18-19,21-23,25,28-34,36-41,43-44,46-50,52-53,55-59H2,1-3H3/b11-8-,20-17-,27-24-,35-26-,45-42-,54-51-. The molecule has 0 amide bonds. The van der Waals surface area contributed by atoms with E-state index in [1.807, 2.05) is 6.08 Å². The lowest BCUT2D eigenvalue weighted by Crippen LogP contribution is -2.30. The van der Waals surface area contributed by atoms with E-state index in [0.29, 0.717) is 12.8 Å². The number of carbonyl (C=O) groups excluding carboxylic acids is 3. The molecule has 6 nitrogen and oxygen atoms in total. The number of unbranched alkanes of at least 4 members (excludes halogenated alkanes) is 31. The van der Waals surface area contributed by atoms with E-state index in [1.165, 1.54) is 167 Å². The number of carbonyl (C=O) groups is 3. The van der Waals surface area contributed by atoms with Crippen molar-refractivity contribution in [2.45, 2.75) is 297 Å². The van der Waals surface area contributed by atoms with Gasteiger partial charge in [0.1, 0.15) is 13.2 Å². The Hall–Kier alpha value is -3.15. The van der Waals surface area contributed by atoms with E-state index < -0.39 is 12.1 Å². The zero-order valence-electron chi connectivity index (χ0n) is 45.6. The first-order valence-corrected chi connectivity index (χ1v) is 29.4. The summed E-state index contributed by atoms with van der Waals surface area (Å²) in [6.07, 6.45) is 73.6. The molecule has 0 aromatic heterocycles. The maximum Gasteiger partial charge on any atom is 0.310 e. The Kier molecular flexibility index (Phi) is 54.8. The number of ether oxygens (including phenoxy) is 3. The third kappa shape index (κ3) is 55.6. The van der Waals surface area contributed by atoms with Crippen molar-refractivity contribution in [1.82, 2.24) is 0 Å². The maximum absolute atomic E-state index is 12.8. The molecule has 0 aliphatic carbocycles. The summed E-state index contributed by atoms with van der Waals surface area (Å²) < 4.78 is 16.8. The Morgan fingerprint density at radius 2 is 0.609 bits per heavy atom. The molecular formula is C63H110O6. The molecular weight excluding hydrogens is 853 g/mol. The summed E-state index contributed by atoms with van der Waals surface area (Å²) in [6.45, 7) is 6.45. The molecule has 0 aliphatic rings. The molecule has 0 saturated carbocycles. The van der Waals surface area contributed by atoms with Gasteiger partial charge in [0.2, 0.25) is 0 Å². The van der Waals surface area contributed by atoms with E-state index in [-0.39, 0.29) is 31.6 Å². The third-order valence-corrected chi connectivity index (χ3v) is 12.7. The second-order valence-electron chi connectivity index (χ2n) is 19.5. The summed E-state index contributed by atoms with van der Waals surface area (Å²) in [7, 11) is 0. The van der Waals surface area contributed by atoms with Gasteiger partial charge in [-0.1, -0.05) is 273 Å². The van der Waals surface area contributed by atoms with Crippen LogP contribution in [-0.4, -0.2) is 37.2 Å². The molecule has 1 unspecified atom stereocenters. The second-order valence-corrected chi connectivity index (χ2v) is 19.5. The second kappa shape index (κ2) is 57.4. The average molecular weight is 964 g/mol. The molecule has 0 radical (unpaired) electrons. The number of esters is 3. The molecule has 0 aliphatic heterocycles. The Morgan fingerprint density at radius 3 is 0.942 bits per heavy atom. The fourth-order valence-corrected chi connectivity index (χ4v) is 8.34. The Morgan fingerprint density at radius 1 is 0.319 bits per heavy atom. The van der Waals surface area contributed by atoms with Crippen LogP contribution < -0.4 is 0 Å². The van der Waals surface area contributed by atoms with Crippen molar-refractivity contribution in [2.24, 2.45) is 0 Å². The van der Waals surface area contributed by atoms with Crippen molar-refractivity contribution in [1.29, 1.82) is 0 Å². The van der Waals surface area contributed by atoms with Gasteiger partial charge in [-0.25, -0.2) is 0 Å². The van der Waals surface area contributed by atoms with Gasteiger partial charge in [0, 0.05) is 12.8 Å². The highest BCUT2D eigenvalue weighted by Gasteiger charge is 2.19. The van der Waals surface area contributed by atoms with Crippen LogP contribution in [0, 0.1) is 0 Å². The van der Waals surface area contributed by atoms with E-state index in [1.54, 1.807) is 6.08 Å². The molecule has 1 atom stereocenters. The lowest BCUT2D eigenvalue weighted by molar-refractivity contribution is -0.166. The zero-order chi connectivity index (χ0) is 50.0. The lowest BCUT2D eigenvalue weighted by atomic mass is 10.0. The molecule has 0 bridgehead atoms. The summed E-state index contributed by atoms with van der Waals surface area (Å²) in [5.41, 5.74) is 0. The number of rotatable bonds is 53. The third-order valence-electron chi connectivity index (χ3n) is 12.7. The van der Waals surface area contributed by atoms with Crippen LogP contribution in [0.25, 0.3) is 0 Å². The summed E-state index contributed by atoms with van der Waals surface area (Å²) in [4.78, 5) is 38.1. The smallest absolute Gasteiger partial charge is 0.310 e. The van der Waals surface area contributed by atoms with Crippen molar-refractivity contribution in [3.05, 3.63) is 72.9 Å². The molecule has 0 saturated heterocycles. The Balaban J connectivity index is 4.38. The molecule has 0 N–H and O–H groups in total. The summed E-state index contributed by atoms with van der Waals surface area (Å²) in [6, 6.07) is 0. The van der Waals surface area contributed by atoms with Crippen molar-refractivity contribution >= 4 is 17.9 Å². The molecule has 0 heterocycles. The van der Waals surface area contributed by atoms with Crippen LogP contribution >= 0.6 is 0 Å². The van der Waals surface area contributed by atoms with Crippen LogP contribution in [0.2, 0.25) is 0 Å². The predicted molar refractivity (Wildman–Crippen MR) is 298 cm³/mol. The molecule has 0 rings (SSSR count). The van der Waals surface area contributed by atoms with Gasteiger partial charge in [-0.15, -0.1) is 0 Å². The minimum absolute atomic E-state index is 0.0974. The quantitative estimate of drug-likeness (QED) is 0.0262. The largest absolute Gasteiger partial charge is 0.462 e. The zero-order valence-corrected chi connectivity index (χ0v) is 45.6. The van der Waals surface area contributed by atoms with Crippen LogP contribution in [0.3, 0.4) is 0 Å². The van der Waals surface area contributed by atoms with E-state index in [0.717, 1.165) is 83.5 Å². The van der Waals surface area contributed by atoms with Crippen LogP contribution in [0.1, 0.15) is 290 Å². The fourth-order valence-electron chi connectivity index (χ4n) is 8.34. The van der Waals surface area contributed by atoms with Crippen LogP contribution in [-0.2, 0) is 28.6 Å². The average Bonchev–Trinajstić information content (AvgIpc) is 3.35. The highest BCUT2D eigenvalue weighted by molar-refractivity contribution is 5.72. The van der Waals surface area contributed by atoms with Crippen molar-refractivity contribution in [3.8, 4) is 0 Å². The van der Waals surface area contributed by atoms with E-state index in [9.17, 15) is 14.4 Å². The van der Waals surface area contributed by atoms with Gasteiger partial charge < -0.3 is 14.2 Å². The number of hydrogen-bond donors (Lipinski definition) is 0. The first-order valence-electron chi connectivity index (χ1n) is 29.4. The maximum atomic E-state index is 12.8. The molecule has 0 spiro atoms. The van der Waals surface area contributed by atoms with Gasteiger partial charge in [-0.05, 0) is 70.6 Å². The van der Waals surface area contributed by atoms with Gasteiger partial charge >= 0.3 is 17.9 Å². The summed E-state index contributed by atoms with van der Waals surface area (Å²) in [5.74, 6) is -1.04. The first-order chi connectivity index (χ1) is 34.0. The van der Waals surface area contributed by atoms with Gasteiger partial charge in [0.05, 0.1) is 6.42 Å². The van der Waals surface area contributed by atoms with E-state index in [4.69, 9.17) is 14.2 Å². The Bertz CT molecular complexity index is 1290. The first kappa shape index (κ1) is 65.8. The number of allylic oxidation sites excluding steroid dienone is 11. The van der Waals surface area contributed by atoms with Crippen LogP contribution in [0.4, 0.5) is 0 Å². The molecule has 6 heteroatoms. The van der Waals surface area contributed by atoms with Gasteiger partial charge in [-0.2, -0.15) is 0 Å². The van der Waals surface area contributed by atoms with Crippen molar-refractivity contribution < 1.29 is 28.6 Å². The fraction of sp³-hybridized carbons (Fsp3) is 0.762. The normalized spacial score (nSPS) is 12.6. The predicted octanol–water partition coefficient (Wildman–Crippen LogP) is 19.8. The molecule has 0 aromatic carbocycles. The topological polar surface area (TPSA) is 78.9 Å². The summed E-state index contributed by atoms with van der Waals surface area (Å²) in [5, 5.41) is 0. The SMILES string of the molecule is CC/C=C\C/C=C\C/C=C\C/C=C\C/C=C\CC(=O)OC(COC(=O)CCCCCCC/C=C\CCCCCCC)COC(=O)CCCCCCCCCCCCCCCCCCCCCCCC. The minimum atomic E-state index is -0.831. The molecule has 0 aromatic rings. The molecule has 0 fully saturated rings. The summed E-state index contributed by atoms with van der Waals surface area (Å²) >= 11 is 0. The lowest BCUT2D eigenvalue weighted by Gasteiger charge is -2.18. The van der Waals surface area contributed by atoms with Crippen molar-refractivity contribution in [2.75, 3.05) is 13.2 Å². The van der Waals surface area contributed by atoms with Gasteiger partial charge in [0.25, 0.3) is 0 Å². The van der Waals surface area contributed by atoms with E-state index in [2.05, 4.69) is 81.5 Å². The van der Waals surface area contributed by atoms with Gasteiger partial charge in [-0.3, -0.25) is 14.4 Å². The minimum Gasteiger partial charge on any atom is -0.462 e. The highest BCUT2D eigenvalue weighted by atomic mass is 16.6. The molecule has 398 valence electrons. The molecule has 69 heavy (non-hydrogen) atoms. The van der Waals surface area contributed by atoms with E-state index >= 15 is 0 Å². The number of hydrogen-bond acceptors (Lipinski definition) is 6. The monoisotopic (exact) mass is 963 g/mol. The highest BCUT2D eigenvalue weighted by Crippen LogP contribution is 2.16. The van der Waals surface area contributed by atoms with Crippen molar-refractivity contribution in [3.63, 3.8) is 0 Å². The Labute approximate surface area is 427 Å².